The molecule has 1 aliphatic rings. The highest BCUT2D eigenvalue weighted by Crippen LogP contribution is 2.22. The van der Waals surface area contributed by atoms with Crippen LogP contribution in [-0.2, 0) is 4.79 Å². The number of carboxylic acids is 1. The van der Waals surface area contributed by atoms with Gasteiger partial charge in [0.15, 0.2) is 0 Å². The molecule has 92 valence electrons. The highest BCUT2D eigenvalue weighted by Gasteiger charge is 2.24. The van der Waals surface area contributed by atoms with Gasteiger partial charge in [-0.25, -0.2) is 4.79 Å². The Morgan fingerprint density at radius 2 is 2.35 bits per heavy atom. The van der Waals surface area contributed by atoms with Crippen LogP contribution in [0.2, 0.25) is 0 Å². The lowest BCUT2D eigenvalue weighted by Gasteiger charge is -2.30. The minimum absolute atomic E-state index is 0.0203. The molecule has 1 amide bonds. The summed E-state index contributed by atoms with van der Waals surface area (Å²) < 4.78 is 5.22. The fourth-order valence-electron chi connectivity index (χ4n) is 1.86. The molecule has 0 spiro atoms. The van der Waals surface area contributed by atoms with E-state index < -0.39 is 5.97 Å². The van der Waals surface area contributed by atoms with Crippen molar-refractivity contribution in [2.45, 2.75) is 13.0 Å². The van der Waals surface area contributed by atoms with E-state index in [0.29, 0.717) is 18.8 Å². The van der Waals surface area contributed by atoms with Gasteiger partial charge >= 0.3 is 5.97 Å². The Kier molecular flexibility index (Phi) is 3.14. The molecule has 2 heterocycles. The number of hydrogen-bond acceptors (Lipinski definition) is 4. The average Bonchev–Trinajstić information content (AvgIpc) is 2.77. The summed E-state index contributed by atoms with van der Waals surface area (Å²) in [7, 11) is 0. The molecule has 2 rings (SSSR count). The number of amides is 1. The summed E-state index contributed by atoms with van der Waals surface area (Å²) in [5.74, 6) is -0.613. The number of nitrogens with zero attached hydrogens (tertiary/aromatic N) is 1. The van der Waals surface area contributed by atoms with Crippen LogP contribution in [0.4, 0.5) is 0 Å². The van der Waals surface area contributed by atoms with E-state index >= 15 is 0 Å². The first-order chi connectivity index (χ1) is 8.08. The second-order valence-corrected chi connectivity index (χ2v) is 4.00. The van der Waals surface area contributed by atoms with Crippen LogP contribution in [0.25, 0.3) is 0 Å². The van der Waals surface area contributed by atoms with Gasteiger partial charge in [0.25, 0.3) is 0 Å². The van der Waals surface area contributed by atoms with Crippen LogP contribution in [0.3, 0.4) is 0 Å². The number of hydrogen-bond donors (Lipinski definition) is 2. The summed E-state index contributed by atoms with van der Waals surface area (Å²) in [5, 5.41) is 11.5. The van der Waals surface area contributed by atoms with E-state index in [2.05, 4.69) is 5.32 Å². The normalized spacial score (nSPS) is 18.8. The van der Waals surface area contributed by atoms with E-state index in [4.69, 9.17) is 9.52 Å². The molecule has 6 nitrogen and oxygen atoms in total. The summed E-state index contributed by atoms with van der Waals surface area (Å²) in [6.07, 6.45) is 0. The smallest absolute Gasteiger partial charge is 0.371 e. The first-order valence-corrected chi connectivity index (χ1v) is 5.41. The molecule has 0 radical (unpaired) electrons. The molecule has 0 bridgehead atoms. The lowest BCUT2D eigenvalue weighted by molar-refractivity contribution is -0.124. The molecule has 2 N–H and O–H groups in total. The molecule has 1 atom stereocenters. The Morgan fingerprint density at radius 3 is 2.94 bits per heavy atom. The first-order valence-electron chi connectivity index (χ1n) is 5.41. The van der Waals surface area contributed by atoms with E-state index in [1.54, 1.807) is 6.07 Å². The van der Waals surface area contributed by atoms with Crippen molar-refractivity contribution in [2.75, 3.05) is 19.6 Å². The Bertz CT molecular complexity index is 440. The summed E-state index contributed by atoms with van der Waals surface area (Å²) >= 11 is 0. The first kappa shape index (κ1) is 11.7. The van der Waals surface area contributed by atoms with Crippen LogP contribution < -0.4 is 5.32 Å². The number of carbonyl (C=O) groups excluding carboxylic acids is 1. The lowest BCUT2D eigenvalue weighted by Crippen LogP contribution is -2.48. The molecule has 0 aromatic carbocycles. The summed E-state index contributed by atoms with van der Waals surface area (Å²) in [5.41, 5.74) is 0. The van der Waals surface area contributed by atoms with Gasteiger partial charge in [-0.15, -0.1) is 0 Å². The number of rotatable bonds is 3. The fourth-order valence-corrected chi connectivity index (χ4v) is 1.86. The zero-order chi connectivity index (χ0) is 12.4. The second-order valence-electron chi connectivity index (χ2n) is 4.00. The fraction of sp³-hybridized carbons (Fsp3) is 0.455. The molecule has 0 aliphatic carbocycles. The molecule has 17 heavy (non-hydrogen) atoms. The molecular formula is C11H14N2O4. The molecule has 1 aliphatic heterocycles. The third-order valence-electron chi connectivity index (χ3n) is 2.86. The second kappa shape index (κ2) is 4.58. The highest BCUT2D eigenvalue weighted by atomic mass is 16.4. The van der Waals surface area contributed by atoms with E-state index in [1.165, 1.54) is 6.07 Å². The molecule has 1 aromatic rings. The van der Waals surface area contributed by atoms with Gasteiger partial charge in [0.2, 0.25) is 11.7 Å². The van der Waals surface area contributed by atoms with Crippen molar-refractivity contribution in [1.29, 1.82) is 0 Å². The van der Waals surface area contributed by atoms with Crippen LogP contribution in [0.15, 0.2) is 16.5 Å². The maximum absolute atomic E-state index is 11.2. The maximum atomic E-state index is 11.2. The monoisotopic (exact) mass is 238 g/mol. The minimum Gasteiger partial charge on any atom is -0.475 e. The highest BCUT2D eigenvalue weighted by molar-refractivity contribution is 5.84. The number of nitrogens with one attached hydrogen (secondary N) is 1. The molecule has 1 unspecified atom stereocenters. The Labute approximate surface area is 98.2 Å². The van der Waals surface area contributed by atoms with Crippen molar-refractivity contribution < 1.29 is 19.1 Å². The van der Waals surface area contributed by atoms with E-state index in [1.807, 2.05) is 11.8 Å². The lowest BCUT2D eigenvalue weighted by atomic mass is 10.2. The zero-order valence-electron chi connectivity index (χ0n) is 9.47. The number of piperazine rings is 1. The Balaban J connectivity index is 2.10. The van der Waals surface area contributed by atoms with Crippen molar-refractivity contribution >= 4 is 11.9 Å². The Morgan fingerprint density at radius 1 is 1.59 bits per heavy atom. The average molecular weight is 238 g/mol. The van der Waals surface area contributed by atoms with Crippen molar-refractivity contribution in [3.05, 3.63) is 23.7 Å². The minimum atomic E-state index is -1.08. The van der Waals surface area contributed by atoms with Gasteiger partial charge < -0.3 is 14.8 Å². The van der Waals surface area contributed by atoms with E-state index in [0.717, 1.165) is 6.54 Å². The third-order valence-corrected chi connectivity index (χ3v) is 2.86. The van der Waals surface area contributed by atoms with Crippen LogP contribution in [0.5, 0.6) is 0 Å². The molecule has 1 aromatic heterocycles. The molecule has 1 fully saturated rings. The largest absolute Gasteiger partial charge is 0.475 e. The van der Waals surface area contributed by atoms with Gasteiger partial charge in [0.05, 0.1) is 12.6 Å². The number of carbonyl (C=O) groups is 2. The van der Waals surface area contributed by atoms with Crippen molar-refractivity contribution in [3.8, 4) is 0 Å². The van der Waals surface area contributed by atoms with Gasteiger partial charge in [-0.05, 0) is 19.1 Å². The zero-order valence-corrected chi connectivity index (χ0v) is 9.47. The van der Waals surface area contributed by atoms with Crippen LogP contribution >= 0.6 is 0 Å². The van der Waals surface area contributed by atoms with Gasteiger partial charge in [-0.2, -0.15) is 0 Å². The van der Waals surface area contributed by atoms with Crippen LogP contribution in [-0.4, -0.2) is 41.5 Å². The number of aromatic carboxylic acids is 1. The predicted molar refractivity (Wildman–Crippen MR) is 58.7 cm³/mol. The van der Waals surface area contributed by atoms with E-state index in [9.17, 15) is 9.59 Å². The van der Waals surface area contributed by atoms with Crippen molar-refractivity contribution in [1.82, 2.24) is 10.2 Å². The number of furan rings is 1. The summed E-state index contributed by atoms with van der Waals surface area (Å²) in [6.45, 7) is 3.54. The van der Waals surface area contributed by atoms with Crippen molar-refractivity contribution in [3.63, 3.8) is 0 Å². The summed E-state index contributed by atoms with van der Waals surface area (Å²) in [6, 6.07) is 2.97. The van der Waals surface area contributed by atoms with Crippen LogP contribution in [0.1, 0.15) is 29.3 Å². The topological polar surface area (TPSA) is 82.8 Å². The van der Waals surface area contributed by atoms with E-state index in [-0.39, 0.29) is 17.7 Å². The quantitative estimate of drug-likeness (QED) is 0.799. The van der Waals surface area contributed by atoms with Crippen LogP contribution in [0, 0.1) is 0 Å². The maximum Gasteiger partial charge on any atom is 0.371 e. The third kappa shape index (κ3) is 2.47. The molecule has 6 heteroatoms. The van der Waals surface area contributed by atoms with Gasteiger partial charge in [-0.1, -0.05) is 0 Å². The molecule has 0 saturated carbocycles. The van der Waals surface area contributed by atoms with Gasteiger partial charge in [-0.3, -0.25) is 9.69 Å². The van der Waals surface area contributed by atoms with Crippen molar-refractivity contribution in [2.24, 2.45) is 0 Å². The Hall–Kier alpha value is -1.82. The SMILES string of the molecule is CC(c1ccc(C(=O)O)o1)N1CCNC(=O)C1. The van der Waals surface area contributed by atoms with Gasteiger partial charge in [0.1, 0.15) is 5.76 Å². The standard InChI is InChI=1S/C11H14N2O4/c1-7(13-5-4-12-10(14)6-13)8-2-3-9(17-8)11(15)16/h2-3,7H,4-6H2,1H3,(H,12,14)(H,15,16). The van der Waals surface area contributed by atoms with Gasteiger partial charge in [0, 0.05) is 13.1 Å². The summed E-state index contributed by atoms with van der Waals surface area (Å²) in [4.78, 5) is 23.9. The number of carboxylic acid groups (broad SMARTS) is 1. The predicted octanol–water partition coefficient (Wildman–Crippen LogP) is 0.471. The molecule has 1 saturated heterocycles. The molecular weight excluding hydrogens is 224 g/mol.